The molecule has 5 heteroatoms. The van der Waals surface area contributed by atoms with Gasteiger partial charge < -0.3 is 9.94 Å². The molecule has 2 aliphatic heterocycles. The average molecular weight is 340 g/mol. The molecular weight excluding hydrogens is 319 g/mol. The first-order valence-corrected chi connectivity index (χ1v) is 8.64. The molecule has 0 unspecified atom stereocenters. The molecule has 0 atom stereocenters. The number of halogens is 1. The number of piperidine rings is 1. The van der Waals surface area contributed by atoms with Gasteiger partial charge in [0.25, 0.3) is 0 Å². The molecule has 4 nitrogen and oxygen atoms in total. The Hall–Kier alpha value is -2.40. The van der Waals surface area contributed by atoms with E-state index in [9.17, 15) is 9.60 Å². The van der Waals surface area contributed by atoms with Crippen molar-refractivity contribution in [3.8, 4) is 5.75 Å². The Bertz CT molecular complexity index is 784. The van der Waals surface area contributed by atoms with Crippen LogP contribution in [0.5, 0.6) is 5.75 Å². The van der Waals surface area contributed by atoms with Crippen molar-refractivity contribution in [1.29, 1.82) is 0 Å². The summed E-state index contributed by atoms with van der Waals surface area (Å²) in [6.07, 6.45) is 2.10. The van der Waals surface area contributed by atoms with Gasteiger partial charge in [0.05, 0.1) is 11.3 Å². The lowest BCUT2D eigenvalue weighted by Crippen LogP contribution is -2.51. The fraction of sp³-hybridized carbons (Fsp3) is 0.350. The lowest BCUT2D eigenvalue weighted by Gasteiger charge is -2.44. The summed E-state index contributed by atoms with van der Waals surface area (Å²) in [7, 11) is 0. The molecule has 25 heavy (non-hydrogen) atoms. The molecule has 2 aromatic rings. The van der Waals surface area contributed by atoms with Crippen LogP contribution in [-0.4, -0.2) is 34.5 Å². The van der Waals surface area contributed by atoms with Crippen LogP contribution < -0.4 is 4.74 Å². The van der Waals surface area contributed by atoms with Crippen LogP contribution in [0.1, 0.15) is 30.4 Å². The molecular formula is C20H21FN2O2. The third-order valence-corrected chi connectivity index (χ3v) is 5.22. The van der Waals surface area contributed by atoms with E-state index in [1.165, 1.54) is 11.6 Å². The van der Waals surface area contributed by atoms with Crippen LogP contribution in [0.3, 0.4) is 0 Å². The van der Waals surface area contributed by atoms with Crippen LogP contribution in [0, 0.1) is 5.82 Å². The van der Waals surface area contributed by atoms with Crippen LogP contribution in [0.25, 0.3) is 0 Å². The van der Waals surface area contributed by atoms with Gasteiger partial charge in [0.1, 0.15) is 17.2 Å². The highest BCUT2D eigenvalue weighted by Crippen LogP contribution is 2.40. The molecule has 1 fully saturated rings. The molecule has 1 N–H and O–H groups in total. The highest BCUT2D eigenvalue weighted by Gasteiger charge is 2.43. The van der Waals surface area contributed by atoms with Gasteiger partial charge in [-0.15, -0.1) is 0 Å². The van der Waals surface area contributed by atoms with Gasteiger partial charge in [-0.25, -0.2) is 4.39 Å². The second-order valence-electron chi connectivity index (χ2n) is 6.88. The molecule has 130 valence electrons. The first-order chi connectivity index (χ1) is 12.2. The van der Waals surface area contributed by atoms with Gasteiger partial charge in [0.15, 0.2) is 0 Å². The van der Waals surface area contributed by atoms with Gasteiger partial charge >= 0.3 is 0 Å². The van der Waals surface area contributed by atoms with Crippen molar-refractivity contribution >= 4 is 5.71 Å². The van der Waals surface area contributed by atoms with Gasteiger partial charge in [-0.1, -0.05) is 41.6 Å². The van der Waals surface area contributed by atoms with E-state index in [1.54, 1.807) is 12.1 Å². The Morgan fingerprint density at radius 1 is 1.08 bits per heavy atom. The highest BCUT2D eigenvalue weighted by molar-refractivity contribution is 6.04. The first kappa shape index (κ1) is 16.1. The van der Waals surface area contributed by atoms with Crippen LogP contribution in [0.15, 0.2) is 53.7 Å². The SMILES string of the molecule is O/N=C1\CC2(CCN(Cc3ccccc3)CC2)Oc2cccc(F)c21. The predicted octanol–water partition coefficient (Wildman–Crippen LogP) is 3.82. The van der Waals surface area contributed by atoms with Crippen molar-refractivity contribution in [1.82, 2.24) is 4.90 Å². The quantitative estimate of drug-likeness (QED) is 0.668. The minimum Gasteiger partial charge on any atom is -0.486 e. The van der Waals surface area contributed by atoms with E-state index in [1.807, 2.05) is 6.07 Å². The molecule has 1 spiro atoms. The number of hydrogen-bond donors (Lipinski definition) is 1. The van der Waals surface area contributed by atoms with E-state index in [0.717, 1.165) is 32.5 Å². The molecule has 0 radical (unpaired) electrons. The van der Waals surface area contributed by atoms with Gasteiger partial charge in [0, 0.05) is 38.9 Å². The van der Waals surface area contributed by atoms with Crippen LogP contribution in [-0.2, 0) is 6.54 Å². The molecule has 4 rings (SSSR count). The summed E-state index contributed by atoms with van der Waals surface area (Å²) < 4.78 is 20.3. The van der Waals surface area contributed by atoms with E-state index in [-0.39, 0.29) is 0 Å². The Kier molecular flexibility index (Phi) is 4.17. The Morgan fingerprint density at radius 2 is 1.84 bits per heavy atom. The zero-order chi connectivity index (χ0) is 17.3. The van der Waals surface area contributed by atoms with Crippen molar-refractivity contribution < 1.29 is 14.3 Å². The summed E-state index contributed by atoms with van der Waals surface area (Å²) in [5.74, 6) is 0.0808. The monoisotopic (exact) mass is 340 g/mol. The zero-order valence-electron chi connectivity index (χ0n) is 14.0. The molecule has 0 saturated carbocycles. The number of ether oxygens (including phenoxy) is 1. The zero-order valence-corrected chi connectivity index (χ0v) is 14.0. The van der Waals surface area contributed by atoms with Gasteiger partial charge in [0.2, 0.25) is 0 Å². The highest BCUT2D eigenvalue weighted by atomic mass is 19.1. The van der Waals surface area contributed by atoms with E-state index in [0.29, 0.717) is 23.4 Å². The van der Waals surface area contributed by atoms with Gasteiger partial charge in [-0.2, -0.15) is 0 Å². The number of oxime groups is 1. The average Bonchev–Trinajstić information content (AvgIpc) is 2.64. The number of benzene rings is 2. The third kappa shape index (κ3) is 3.12. The smallest absolute Gasteiger partial charge is 0.136 e. The second kappa shape index (κ2) is 6.48. The van der Waals surface area contributed by atoms with E-state index >= 15 is 0 Å². The van der Waals surface area contributed by atoms with Crippen molar-refractivity contribution in [2.45, 2.75) is 31.4 Å². The van der Waals surface area contributed by atoms with Gasteiger partial charge in [-0.05, 0) is 17.7 Å². The number of hydrogen-bond acceptors (Lipinski definition) is 4. The first-order valence-electron chi connectivity index (χ1n) is 8.64. The normalized spacial score (nSPS) is 21.1. The topological polar surface area (TPSA) is 45.1 Å². The molecule has 2 aromatic carbocycles. The number of likely N-dealkylation sites (tertiary alicyclic amines) is 1. The lowest BCUT2D eigenvalue weighted by molar-refractivity contribution is 0.0000569. The fourth-order valence-electron chi connectivity index (χ4n) is 3.86. The van der Waals surface area contributed by atoms with Crippen molar-refractivity contribution in [2.75, 3.05) is 13.1 Å². The molecule has 2 aliphatic rings. The summed E-state index contributed by atoms with van der Waals surface area (Å²) in [4.78, 5) is 2.40. The number of nitrogens with zero attached hydrogens (tertiary/aromatic N) is 2. The molecule has 0 aliphatic carbocycles. The molecule has 2 heterocycles. The predicted molar refractivity (Wildman–Crippen MR) is 93.7 cm³/mol. The van der Waals surface area contributed by atoms with Gasteiger partial charge in [-0.3, -0.25) is 4.90 Å². The largest absolute Gasteiger partial charge is 0.486 e. The molecule has 0 amide bonds. The summed E-state index contributed by atoms with van der Waals surface area (Å²) in [5.41, 5.74) is 1.57. The molecule has 0 aromatic heterocycles. The molecule has 0 bridgehead atoms. The van der Waals surface area contributed by atoms with E-state index < -0.39 is 11.4 Å². The molecule has 1 saturated heterocycles. The van der Waals surface area contributed by atoms with Crippen LogP contribution >= 0.6 is 0 Å². The second-order valence-corrected chi connectivity index (χ2v) is 6.88. The van der Waals surface area contributed by atoms with Crippen molar-refractivity contribution in [3.05, 3.63) is 65.5 Å². The van der Waals surface area contributed by atoms with Crippen molar-refractivity contribution in [3.63, 3.8) is 0 Å². The lowest BCUT2D eigenvalue weighted by atomic mass is 9.82. The minimum atomic E-state index is -0.407. The van der Waals surface area contributed by atoms with E-state index in [4.69, 9.17) is 4.74 Å². The number of rotatable bonds is 2. The summed E-state index contributed by atoms with van der Waals surface area (Å²) in [6, 6.07) is 15.2. The van der Waals surface area contributed by atoms with Crippen LogP contribution in [0.4, 0.5) is 4.39 Å². The Labute approximate surface area is 146 Å². The standard InChI is InChI=1S/C20H21FN2O2/c21-16-7-4-8-18-19(16)17(22-24)13-20(25-18)9-11-23(12-10-20)14-15-5-2-1-3-6-15/h1-8,24H,9-14H2/b22-17+. The van der Waals surface area contributed by atoms with Crippen LogP contribution in [0.2, 0.25) is 0 Å². The fourth-order valence-corrected chi connectivity index (χ4v) is 3.86. The summed E-state index contributed by atoms with van der Waals surface area (Å²) >= 11 is 0. The maximum atomic E-state index is 14.1. The Balaban J connectivity index is 1.50. The van der Waals surface area contributed by atoms with Crippen molar-refractivity contribution in [2.24, 2.45) is 5.16 Å². The summed E-state index contributed by atoms with van der Waals surface area (Å²) in [6.45, 7) is 2.72. The van der Waals surface area contributed by atoms with E-state index in [2.05, 4.69) is 34.3 Å². The summed E-state index contributed by atoms with van der Waals surface area (Å²) in [5, 5.41) is 12.7. The third-order valence-electron chi connectivity index (χ3n) is 5.22. The maximum Gasteiger partial charge on any atom is 0.136 e. The minimum absolute atomic E-state index is 0.294. The number of fused-ring (bicyclic) bond motifs is 1. The Morgan fingerprint density at radius 3 is 2.56 bits per heavy atom. The maximum absolute atomic E-state index is 14.1.